The number of rotatable bonds is 3. The van der Waals surface area contributed by atoms with E-state index in [1.54, 1.807) is 12.1 Å². The normalized spacial score (nSPS) is 11.2. The topological polar surface area (TPSA) is 29.1 Å². The first-order valence-electron chi connectivity index (χ1n) is 5.03. The maximum absolute atomic E-state index is 12.8. The standard InChI is InChI=1S/C12H16FNO/c1-4-12(2,3)11(15)14-10-7-5-6-9(13)8-10/h5-8H,4H2,1-3H3,(H,14,15). The molecule has 3 heteroatoms. The van der Waals surface area contributed by atoms with Crippen LogP contribution in [0.3, 0.4) is 0 Å². The molecule has 0 saturated carbocycles. The smallest absolute Gasteiger partial charge is 0.230 e. The van der Waals surface area contributed by atoms with Crippen LogP contribution in [-0.4, -0.2) is 5.91 Å². The van der Waals surface area contributed by atoms with Crippen LogP contribution in [0.4, 0.5) is 10.1 Å². The number of anilines is 1. The van der Waals surface area contributed by atoms with E-state index in [1.165, 1.54) is 12.1 Å². The number of benzene rings is 1. The van der Waals surface area contributed by atoms with Gasteiger partial charge in [-0.15, -0.1) is 0 Å². The molecular weight excluding hydrogens is 193 g/mol. The average molecular weight is 209 g/mol. The summed E-state index contributed by atoms with van der Waals surface area (Å²) in [6.07, 6.45) is 0.744. The van der Waals surface area contributed by atoms with Gasteiger partial charge in [-0.3, -0.25) is 4.79 Å². The van der Waals surface area contributed by atoms with Gasteiger partial charge in [0.05, 0.1) is 0 Å². The molecular formula is C12H16FNO. The van der Waals surface area contributed by atoms with Crippen LogP contribution in [-0.2, 0) is 4.79 Å². The quantitative estimate of drug-likeness (QED) is 0.813. The first-order chi connectivity index (χ1) is 6.95. The van der Waals surface area contributed by atoms with Gasteiger partial charge in [0, 0.05) is 11.1 Å². The molecule has 0 saturated heterocycles. The van der Waals surface area contributed by atoms with Crippen LogP contribution in [0.25, 0.3) is 0 Å². The van der Waals surface area contributed by atoms with Gasteiger partial charge < -0.3 is 5.32 Å². The third-order valence-corrected chi connectivity index (χ3v) is 2.58. The highest BCUT2D eigenvalue weighted by atomic mass is 19.1. The van der Waals surface area contributed by atoms with Gasteiger partial charge in [-0.1, -0.05) is 26.8 Å². The van der Waals surface area contributed by atoms with Gasteiger partial charge in [-0.05, 0) is 24.6 Å². The predicted octanol–water partition coefficient (Wildman–Crippen LogP) is 3.20. The Morgan fingerprint density at radius 3 is 2.67 bits per heavy atom. The van der Waals surface area contributed by atoms with Gasteiger partial charge in [0.15, 0.2) is 0 Å². The summed E-state index contributed by atoms with van der Waals surface area (Å²) < 4.78 is 12.8. The summed E-state index contributed by atoms with van der Waals surface area (Å²) in [7, 11) is 0. The van der Waals surface area contributed by atoms with E-state index in [9.17, 15) is 9.18 Å². The third kappa shape index (κ3) is 3.05. The minimum absolute atomic E-state index is 0.0874. The van der Waals surface area contributed by atoms with Crippen LogP contribution in [0.15, 0.2) is 24.3 Å². The first kappa shape index (κ1) is 11.7. The van der Waals surface area contributed by atoms with E-state index in [0.717, 1.165) is 6.42 Å². The molecule has 1 aromatic rings. The number of hydrogen-bond donors (Lipinski definition) is 1. The van der Waals surface area contributed by atoms with Crippen molar-refractivity contribution in [2.75, 3.05) is 5.32 Å². The van der Waals surface area contributed by atoms with Gasteiger partial charge in [-0.2, -0.15) is 0 Å². The second-order valence-corrected chi connectivity index (χ2v) is 4.20. The van der Waals surface area contributed by atoms with Crippen molar-refractivity contribution in [2.45, 2.75) is 27.2 Å². The molecule has 0 aliphatic carbocycles. The van der Waals surface area contributed by atoms with E-state index < -0.39 is 5.41 Å². The number of halogens is 1. The van der Waals surface area contributed by atoms with Gasteiger partial charge in [0.2, 0.25) is 5.91 Å². The van der Waals surface area contributed by atoms with E-state index in [1.807, 2.05) is 20.8 Å². The second-order valence-electron chi connectivity index (χ2n) is 4.20. The average Bonchev–Trinajstić information content (AvgIpc) is 2.17. The Kier molecular flexibility index (Phi) is 3.45. The first-order valence-corrected chi connectivity index (χ1v) is 5.03. The molecule has 0 aliphatic rings. The molecule has 1 rings (SSSR count). The fraction of sp³-hybridized carbons (Fsp3) is 0.417. The number of nitrogens with one attached hydrogen (secondary N) is 1. The highest BCUT2D eigenvalue weighted by molar-refractivity contribution is 5.94. The minimum atomic E-state index is -0.424. The Morgan fingerprint density at radius 1 is 1.47 bits per heavy atom. The highest BCUT2D eigenvalue weighted by Gasteiger charge is 2.25. The molecule has 0 fully saturated rings. The van der Waals surface area contributed by atoms with E-state index in [-0.39, 0.29) is 11.7 Å². The zero-order chi connectivity index (χ0) is 11.5. The molecule has 0 radical (unpaired) electrons. The van der Waals surface area contributed by atoms with Crippen molar-refractivity contribution >= 4 is 11.6 Å². The Bertz CT molecular complexity index is 360. The molecule has 0 atom stereocenters. The van der Waals surface area contributed by atoms with Crippen molar-refractivity contribution in [1.82, 2.24) is 0 Å². The Balaban J connectivity index is 2.75. The van der Waals surface area contributed by atoms with Crippen molar-refractivity contribution in [2.24, 2.45) is 5.41 Å². The zero-order valence-electron chi connectivity index (χ0n) is 9.30. The fourth-order valence-corrected chi connectivity index (χ4v) is 1.03. The van der Waals surface area contributed by atoms with Crippen molar-refractivity contribution < 1.29 is 9.18 Å². The Morgan fingerprint density at radius 2 is 2.13 bits per heavy atom. The van der Waals surface area contributed by atoms with E-state index >= 15 is 0 Å². The molecule has 1 aromatic carbocycles. The molecule has 15 heavy (non-hydrogen) atoms. The Hall–Kier alpha value is -1.38. The second kappa shape index (κ2) is 4.43. The number of amides is 1. The van der Waals surface area contributed by atoms with Crippen LogP contribution in [0.1, 0.15) is 27.2 Å². The largest absolute Gasteiger partial charge is 0.326 e. The SMILES string of the molecule is CCC(C)(C)C(=O)Nc1cccc(F)c1. The lowest BCUT2D eigenvalue weighted by Crippen LogP contribution is -2.29. The summed E-state index contributed by atoms with van der Waals surface area (Å²) in [5, 5.41) is 2.70. The molecule has 82 valence electrons. The lowest BCUT2D eigenvalue weighted by atomic mass is 9.89. The van der Waals surface area contributed by atoms with Gasteiger partial charge in [0.1, 0.15) is 5.82 Å². The Labute approximate surface area is 89.5 Å². The summed E-state index contributed by atoms with van der Waals surface area (Å²) in [6.45, 7) is 5.68. The molecule has 0 heterocycles. The van der Waals surface area contributed by atoms with Gasteiger partial charge in [0.25, 0.3) is 0 Å². The molecule has 0 bridgehead atoms. The van der Waals surface area contributed by atoms with Gasteiger partial charge in [-0.25, -0.2) is 4.39 Å². The molecule has 2 nitrogen and oxygen atoms in total. The number of hydrogen-bond acceptors (Lipinski definition) is 1. The molecule has 0 aromatic heterocycles. The molecule has 0 unspecified atom stereocenters. The van der Waals surface area contributed by atoms with E-state index in [2.05, 4.69) is 5.32 Å². The summed E-state index contributed by atoms with van der Waals surface area (Å²) in [4.78, 5) is 11.7. The summed E-state index contributed by atoms with van der Waals surface area (Å²) in [5.41, 5.74) is 0.0771. The van der Waals surface area contributed by atoms with E-state index in [0.29, 0.717) is 5.69 Å². The molecule has 1 amide bonds. The van der Waals surface area contributed by atoms with Crippen LogP contribution in [0, 0.1) is 11.2 Å². The van der Waals surface area contributed by atoms with Crippen LogP contribution < -0.4 is 5.32 Å². The predicted molar refractivity (Wildman–Crippen MR) is 59.1 cm³/mol. The minimum Gasteiger partial charge on any atom is -0.326 e. The third-order valence-electron chi connectivity index (χ3n) is 2.58. The van der Waals surface area contributed by atoms with Crippen LogP contribution in [0.5, 0.6) is 0 Å². The summed E-state index contributed by atoms with van der Waals surface area (Å²) in [6, 6.07) is 5.90. The summed E-state index contributed by atoms with van der Waals surface area (Å²) in [5.74, 6) is -0.433. The van der Waals surface area contributed by atoms with Crippen molar-refractivity contribution in [1.29, 1.82) is 0 Å². The lowest BCUT2D eigenvalue weighted by molar-refractivity contribution is -0.124. The number of carbonyl (C=O) groups excluding carboxylic acids is 1. The molecule has 0 spiro atoms. The molecule has 0 aliphatic heterocycles. The fourth-order valence-electron chi connectivity index (χ4n) is 1.03. The van der Waals surface area contributed by atoms with E-state index in [4.69, 9.17) is 0 Å². The van der Waals surface area contributed by atoms with Crippen molar-refractivity contribution in [3.63, 3.8) is 0 Å². The van der Waals surface area contributed by atoms with Crippen molar-refractivity contribution in [3.05, 3.63) is 30.1 Å². The van der Waals surface area contributed by atoms with Gasteiger partial charge >= 0.3 is 0 Å². The zero-order valence-corrected chi connectivity index (χ0v) is 9.30. The highest BCUT2D eigenvalue weighted by Crippen LogP contribution is 2.22. The maximum atomic E-state index is 12.8. The van der Waals surface area contributed by atoms with Crippen LogP contribution in [0.2, 0.25) is 0 Å². The number of carbonyl (C=O) groups is 1. The van der Waals surface area contributed by atoms with Crippen LogP contribution >= 0.6 is 0 Å². The maximum Gasteiger partial charge on any atom is 0.230 e. The molecule has 1 N–H and O–H groups in total. The van der Waals surface area contributed by atoms with Crippen molar-refractivity contribution in [3.8, 4) is 0 Å². The monoisotopic (exact) mass is 209 g/mol. The lowest BCUT2D eigenvalue weighted by Gasteiger charge is -2.21. The summed E-state index contributed by atoms with van der Waals surface area (Å²) >= 11 is 0.